The number of carbonyl (C=O) groups is 1. The van der Waals surface area contributed by atoms with Gasteiger partial charge in [-0.2, -0.15) is 0 Å². The molecule has 4 nitrogen and oxygen atoms in total. The summed E-state index contributed by atoms with van der Waals surface area (Å²) in [6.07, 6.45) is 0.976. The maximum atomic E-state index is 13.2. The highest BCUT2D eigenvalue weighted by Gasteiger charge is 2.13. The average molecular weight is 281 g/mol. The molecule has 104 valence electrons. The third-order valence-corrected chi connectivity index (χ3v) is 3.17. The van der Waals surface area contributed by atoms with Crippen molar-refractivity contribution in [2.75, 3.05) is 11.1 Å². The number of amides is 1. The minimum atomic E-state index is -0.604. The number of hydrogen-bond acceptors (Lipinski definition) is 3. The molecular weight excluding hydrogens is 269 g/mol. The highest BCUT2D eigenvalue weighted by Crippen LogP contribution is 2.24. The number of nitrogens with one attached hydrogen (secondary N) is 1. The van der Waals surface area contributed by atoms with Crippen molar-refractivity contribution < 1.29 is 9.18 Å². The van der Waals surface area contributed by atoms with Crippen LogP contribution in [0.1, 0.15) is 10.4 Å². The molecule has 0 fully saturated rings. The first-order chi connectivity index (χ1) is 10.1. The Labute approximate surface area is 120 Å². The van der Waals surface area contributed by atoms with Crippen LogP contribution in [0.5, 0.6) is 0 Å². The smallest absolute Gasteiger partial charge is 0.259 e. The van der Waals surface area contributed by atoms with Crippen LogP contribution in [0.2, 0.25) is 0 Å². The number of carbonyl (C=O) groups excluding carboxylic acids is 1. The molecule has 0 spiro atoms. The van der Waals surface area contributed by atoms with E-state index in [2.05, 4.69) is 10.3 Å². The van der Waals surface area contributed by atoms with E-state index in [1.165, 1.54) is 0 Å². The van der Waals surface area contributed by atoms with Crippen LogP contribution in [-0.2, 0) is 0 Å². The van der Waals surface area contributed by atoms with Crippen LogP contribution in [-0.4, -0.2) is 10.9 Å². The van der Waals surface area contributed by atoms with E-state index in [1.807, 2.05) is 36.4 Å². The lowest BCUT2D eigenvalue weighted by Gasteiger charge is -2.09. The second kappa shape index (κ2) is 5.20. The van der Waals surface area contributed by atoms with E-state index < -0.39 is 11.7 Å². The summed E-state index contributed by atoms with van der Waals surface area (Å²) in [4.78, 5) is 15.9. The molecule has 0 aliphatic heterocycles. The molecule has 0 unspecified atom stereocenters. The number of halogens is 1. The van der Waals surface area contributed by atoms with Gasteiger partial charge in [0.2, 0.25) is 0 Å². The number of anilines is 2. The Morgan fingerprint density at radius 2 is 1.90 bits per heavy atom. The predicted octanol–water partition coefficient (Wildman–Crippen LogP) is 3.21. The van der Waals surface area contributed by atoms with Crippen LogP contribution in [0.4, 0.5) is 15.9 Å². The highest BCUT2D eigenvalue weighted by atomic mass is 19.1. The maximum Gasteiger partial charge on any atom is 0.259 e. The Kier molecular flexibility index (Phi) is 3.23. The summed E-state index contributed by atoms with van der Waals surface area (Å²) in [7, 11) is 0. The topological polar surface area (TPSA) is 68.0 Å². The molecule has 0 aliphatic rings. The second-order valence-electron chi connectivity index (χ2n) is 4.57. The van der Waals surface area contributed by atoms with E-state index in [9.17, 15) is 9.18 Å². The summed E-state index contributed by atoms with van der Waals surface area (Å²) < 4.78 is 13.2. The molecule has 0 bridgehead atoms. The Morgan fingerprint density at radius 1 is 1.14 bits per heavy atom. The maximum absolute atomic E-state index is 13.2. The lowest BCUT2D eigenvalue weighted by Crippen LogP contribution is -2.15. The zero-order valence-electron chi connectivity index (χ0n) is 11.0. The third-order valence-electron chi connectivity index (χ3n) is 3.17. The second-order valence-corrected chi connectivity index (χ2v) is 4.57. The van der Waals surface area contributed by atoms with Crippen molar-refractivity contribution in [3.63, 3.8) is 0 Å². The van der Waals surface area contributed by atoms with E-state index in [1.54, 1.807) is 6.07 Å². The van der Waals surface area contributed by atoms with Gasteiger partial charge >= 0.3 is 0 Å². The summed E-state index contributed by atoms with van der Waals surface area (Å²) in [5.41, 5.74) is 6.28. The third kappa shape index (κ3) is 2.53. The number of nitrogens with zero attached hydrogens (tertiary/aromatic N) is 1. The molecule has 0 radical (unpaired) electrons. The van der Waals surface area contributed by atoms with Crippen LogP contribution >= 0.6 is 0 Å². The first-order valence-corrected chi connectivity index (χ1v) is 6.35. The number of hydrogen-bond donors (Lipinski definition) is 2. The first kappa shape index (κ1) is 13.1. The fraction of sp³-hybridized carbons (Fsp3) is 0. The van der Waals surface area contributed by atoms with E-state index in [0.717, 1.165) is 23.0 Å². The van der Waals surface area contributed by atoms with E-state index >= 15 is 0 Å². The number of aromatic nitrogens is 1. The normalized spacial score (nSPS) is 10.5. The molecule has 3 aromatic rings. The largest absolute Gasteiger partial charge is 0.383 e. The fourth-order valence-electron chi connectivity index (χ4n) is 2.16. The van der Waals surface area contributed by atoms with Crippen LogP contribution in [0.15, 0.2) is 54.7 Å². The molecule has 0 saturated carbocycles. The van der Waals surface area contributed by atoms with Gasteiger partial charge < -0.3 is 11.1 Å². The van der Waals surface area contributed by atoms with Crippen molar-refractivity contribution in [2.24, 2.45) is 0 Å². The monoisotopic (exact) mass is 281 g/mol. The van der Waals surface area contributed by atoms with Crippen molar-refractivity contribution >= 4 is 28.2 Å². The molecule has 2 aromatic carbocycles. The van der Waals surface area contributed by atoms with Crippen LogP contribution in [0.25, 0.3) is 10.8 Å². The molecule has 3 N–H and O–H groups in total. The molecule has 1 heterocycles. The lowest BCUT2D eigenvalue weighted by molar-refractivity contribution is 0.102. The number of rotatable bonds is 2. The molecule has 1 amide bonds. The van der Waals surface area contributed by atoms with Gasteiger partial charge in [-0.3, -0.25) is 4.79 Å². The minimum absolute atomic E-state index is 0.00543. The summed E-state index contributed by atoms with van der Waals surface area (Å²) in [6, 6.07) is 14.3. The SMILES string of the molecule is Nc1ncc(F)cc1C(=O)Nc1cccc2ccccc12. The van der Waals surface area contributed by atoms with Gasteiger partial charge in [-0.15, -0.1) is 0 Å². The number of fused-ring (bicyclic) bond motifs is 1. The van der Waals surface area contributed by atoms with Crippen molar-refractivity contribution in [1.29, 1.82) is 0 Å². The van der Waals surface area contributed by atoms with Gasteiger partial charge in [0, 0.05) is 11.1 Å². The summed E-state index contributed by atoms with van der Waals surface area (Å²) in [5, 5.41) is 4.64. The average Bonchev–Trinajstić information content (AvgIpc) is 2.50. The molecule has 21 heavy (non-hydrogen) atoms. The molecule has 5 heteroatoms. The number of nitrogen functional groups attached to an aromatic ring is 1. The fourth-order valence-corrected chi connectivity index (χ4v) is 2.16. The van der Waals surface area contributed by atoms with Gasteiger partial charge in [-0.05, 0) is 17.5 Å². The van der Waals surface area contributed by atoms with E-state index in [-0.39, 0.29) is 11.4 Å². The number of nitrogens with two attached hydrogens (primary N) is 1. The lowest BCUT2D eigenvalue weighted by atomic mass is 10.1. The summed E-state index contributed by atoms with van der Waals surface area (Å²) in [5.74, 6) is -1.10. The quantitative estimate of drug-likeness (QED) is 0.758. The van der Waals surface area contributed by atoms with Crippen molar-refractivity contribution in [3.05, 3.63) is 66.1 Å². The Balaban J connectivity index is 1.99. The first-order valence-electron chi connectivity index (χ1n) is 6.35. The Hall–Kier alpha value is -2.95. The zero-order chi connectivity index (χ0) is 14.8. The van der Waals surface area contributed by atoms with Gasteiger partial charge in [0.1, 0.15) is 11.6 Å². The van der Waals surface area contributed by atoms with Gasteiger partial charge in [-0.1, -0.05) is 36.4 Å². The minimum Gasteiger partial charge on any atom is -0.383 e. The Bertz CT molecular complexity index is 827. The summed E-state index contributed by atoms with van der Waals surface area (Å²) in [6.45, 7) is 0. The van der Waals surface area contributed by atoms with Crippen molar-refractivity contribution in [3.8, 4) is 0 Å². The van der Waals surface area contributed by atoms with Crippen LogP contribution in [0, 0.1) is 5.82 Å². The van der Waals surface area contributed by atoms with Gasteiger partial charge in [0.25, 0.3) is 5.91 Å². The van der Waals surface area contributed by atoms with Crippen LogP contribution < -0.4 is 11.1 Å². The van der Waals surface area contributed by atoms with Crippen LogP contribution in [0.3, 0.4) is 0 Å². The van der Waals surface area contributed by atoms with E-state index in [4.69, 9.17) is 5.73 Å². The number of pyridine rings is 1. The van der Waals surface area contributed by atoms with E-state index in [0.29, 0.717) is 5.69 Å². The Morgan fingerprint density at radius 3 is 2.76 bits per heavy atom. The standard InChI is InChI=1S/C16H12FN3O/c17-11-8-13(15(18)19-9-11)16(21)20-14-7-3-5-10-4-1-2-6-12(10)14/h1-9H,(H2,18,19)(H,20,21). The molecule has 0 saturated heterocycles. The number of benzene rings is 2. The van der Waals surface area contributed by atoms with Crippen molar-refractivity contribution in [1.82, 2.24) is 4.98 Å². The molecule has 0 aliphatic carbocycles. The van der Waals surface area contributed by atoms with Gasteiger partial charge in [-0.25, -0.2) is 9.37 Å². The highest BCUT2D eigenvalue weighted by molar-refractivity contribution is 6.11. The molecule has 3 rings (SSSR count). The summed E-state index contributed by atoms with van der Waals surface area (Å²) >= 11 is 0. The van der Waals surface area contributed by atoms with Gasteiger partial charge in [0.05, 0.1) is 11.8 Å². The predicted molar refractivity (Wildman–Crippen MR) is 80.5 cm³/mol. The molecule has 0 atom stereocenters. The molecule has 1 aromatic heterocycles. The van der Waals surface area contributed by atoms with Gasteiger partial charge in [0.15, 0.2) is 0 Å². The molecular formula is C16H12FN3O. The zero-order valence-corrected chi connectivity index (χ0v) is 11.0. The van der Waals surface area contributed by atoms with Crippen molar-refractivity contribution in [2.45, 2.75) is 0 Å².